The Morgan fingerprint density at radius 1 is 1.31 bits per heavy atom. The Kier molecular flexibility index (Phi) is 2.20. The van der Waals surface area contributed by atoms with Crippen molar-refractivity contribution >= 4 is 0 Å². The SMILES string of the molecule is Cn1cnnc1C(C)(C)C(C)(C)N. The number of aromatic nitrogens is 3. The average Bonchev–Trinajstić information content (AvgIpc) is 2.32. The molecule has 0 spiro atoms. The maximum absolute atomic E-state index is 6.09. The Morgan fingerprint density at radius 3 is 2.15 bits per heavy atom. The first-order chi connectivity index (χ1) is 5.77. The van der Waals surface area contributed by atoms with Crippen molar-refractivity contribution in [3.05, 3.63) is 12.2 Å². The van der Waals surface area contributed by atoms with Crippen LogP contribution in [0.25, 0.3) is 0 Å². The molecule has 4 heteroatoms. The molecular formula is C9H18N4. The van der Waals surface area contributed by atoms with Gasteiger partial charge >= 0.3 is 0 Å². The van der Waals surface area contributed by atoms with Crippen molar-refractivity contribution in [2.45, 2.75) is 38.6 Å². The monoisotopic (exact) mass is 182 g/mol. The quantitative estimate of drug-likeness (QED) is 0.737. The van der Waals surface area contributed by atoms with Gasteiger partial charge in [-0.05, 0) is 13.8 Å². The van der Waals surface area contributed by atoms with Gasteiger partial charge in [-0.2, -0.15) is 0 Å². The predicted octanol–water partition coefficient (Wildman–Crippen LogP) is 0.830. The van der Waals surface area contributed by atoms with Crippen LogP contribution in [0.2, 0.25) is 0 Å². The zero-order valence-corrected chi connectivity index (χ0v) is 9.00. The molecule has 1 aromatic rings. The first-order valence-electron chi connectivity index (χ1n) is 4.40. The second-order valence-corrected chi connectivity index (χ2v) is 4.61. The molecule has 0 unspecified atom stereocenters. The van der Waals surface area contributed by atoms with Gasteiger partial charge in [0.15, 0.2) is 0 Å². The first kappa shape index (κ1) is 10.2. The second kappa shape index (κ2) is 2.80. The molecule has 13 heavy (non-hydrogen) atoms. The maximum atomic E-state index is 6.09. The van der Waals surface area contributed by atoms with Crippen LogP contribution >= 0.6 is 0 Å². The van der Waals surface area contributed by atoms with Gasteiger partial charge in [-0.15, -0.1) is 10.2 Å². The molecule has 0 saturated heterocycles. The summed E-state index contributed by atoms with van der Waals surface area (Å²) < 4.78 is 1.91. The first-order valence-corrected chi connectivity index (χ1v) is 4.40. The van der Waals surface area contributed by atoms with E-state index in [0.717, 1.165) is 5.82 Å². The Hall–Kier alpha value is -0.900. The molecule has 74 valence electrons. The summed E-state index contributed by atoms with van der Waals surface area (Å²) in [7, 11) is 1.93. The maximum Gasteiger partial charge on any atom is 0.140 e. The highest BCUT2D eigenvalue weighted by atomic mass is 15.3. The van der Waals surface area contributed by atoms with Gasteiger partial charge in [-0.1, -0.05) is 13.8 Å². The lowest BCUT2D eigenvalue weighted by Gasteiger charge is -2.37. The van der Waals surface area contributed by atoms with Crippen molar-refractivity contribution in [2.24, 2.45) is 12.8 Å². The van der Waals surface area contributed by atoms with Gasteiger partial charge in [-0.3, -0.25) is 0 Å². The van der Waals surface area contributed by atoms with Crippen LogP contribution in [0.1, 0.15) is 33.5 Å². The third kappa shape index (κ3) is 1.58. The highest BCUT2D eigenvalue weighted by Gasteiger charge is 2.38. The normalized spacial score (nSPS) is 13.4. The number of nitrogens with zero attached hydrogens (tertiary/aromatic N) is 3. The molecule has 0 aliphatic rings. The fraction of sp³-hybridized carbons (Fsp3) is 0.778. The summed E-state index contributed by atoms with van der Waals surface area (Å²) in [6, 6.07) is 0. The van der Waals surface area contributed by atoms with Gasteiger partial charge in [0.1, 0.15) is 12.2 Å². The molecule has 1 rings (SSSR count). The van der Waals surface area contributed by atoms with E-state index in [1.54, 1.807) is 6.33 Å². The summed E-state index contributed by atoms with van der Waals surface area (Å²) in [6.45, 7) is 8.16. The van der Waals surface area contributed by atoms with Crippen LogP contribution in [0.4, 0.5) is 0 Å². The lowest BCUT2D eigenvalue weighted by molar-refractivity contribution is 0.284. The molecular weight excluding hydrogens is 164 g/mol. The third-order valence-corrected chi connectivity index (χ3v) is 2.88. The number of rotatable bonds is 2. The summed E-state index contributed by atoms with van der Waals surface area (Å²) in [4.78, 5) is 0. The molecule has 0 amide bonds. The molecule has 1 aromatic heterocycles. The van der Waals surface area contributed by atoms with Crippen LogP contribution in [0, 0.1) is 0 Å². The molecule has 0 saturated carbocycles. The van der Waals surface area contributed by atoms with Crippen LogP contribution < -0.4 is 5.73 Å². The van der Waals surface area contributed by atoms with Crippen LogP contribution in [0.3, 0.4) is 0 Å². The smallest absolute Gasteiger partial charge is 0.140 e. The van der Waals surface area contributed by atoms with Crippen LogP contribution in [0.15, 0.2) is 6.33 Å². The lowest BCUT2D eigenvalue weighted by atomic mass is 9.74. The topological polar surface area (TPSA) is 56.7 Å². The standard InChI is InChI=1S/C9H18N4/c1-8(2,9(3,4)10)7-12-11-6-13(7)5/h6H,10H2,1-5H3. The van der Waals surface area contributed by atoms with Crippen molar-refractivity contribution in [3.8, 4) is 0 Å². The molecule has 4 nitrogen and oxygen atoms in total. The zero-order valence-electron chi connectivity index (χ0n) is 9.00. The third-order valence-electron chi connectivity index (χ3n) is 2.88. The minimum atomic E-state index is -0.312. The second-order valence-electron chi connectivity index (χ2n) is 4.61. The minimum Gasteiger partial charge on any atom is -0.325 e. The van der Waals surface area contributed by atoms with Crippen molar-refractivity contribution in [2.75, 3.05) is 0 Å². The fourth-order valence-corrected chi connectivity index (χ4v) is 1.14. The Balaban J connectivity index is 3.15. The summed E-state index contributed by atoms with van der Waals surface area (Å²) >= 11 is 0. The molecule has 0 bridgehead atoms. The fourth-order valence-electron chi connectivity index (χ4n) is 1.14. The summed E-state index contributed by atoms with van der Waals surface area (Å²) in [5.74, 6) is 0.917. The molecule has 1 heterocycles. The van der Waals surface area contributed by atoms with Gasteiger partial charge < -0.3 is 10.3 Å². The number of hydrogen-bond acceptors (Lipinski definition) is 3. The van der Waals surface area contributed by atoms with E-state index in [0.29, 0.717) is 0 Å². The zero-order chi connectivity index (χ0) is 10.3. The number of hydrogen-bond donors (Lipinski definition) is 1. The van der Waals surface area contributed by atoms with E-state index in [9.17, 15) is 0 Å². The van der Waals surface area contributed by atoms with Crippen LogP contribution in [0.5, 0.6) is 0 Å². The predicted molar refractivity (Wildman–Crippen MR) is 52.3 cm³/mol. The van der Waals surface area contributed by atoms with Crippen LogP contribution in [-0.4, -0.2) is 20.3 Å². The number of aryl methyl sites for hydroxylation is 1. The van der Waals surface area contributed by atoms with Gasteiger partial charge in [-0.25, -0.2) is 0 Å². The van der Waals surface area contributed by atoms with Gasteiger partial charge in [0.05, 0.1) is 0 Å². The highest BCUT2D eigenvalue weighted by Crippen LogP contribution is 2.30. The molecule has 0 fully saturated rings. The van der Waals surface area contributed by atoms with E-state index in [-0.39, 0.29) is 11.0 Å². The minimum absolute atomic E-state index is 0.182. The highest BCUT2D eigenvalue weighted by molar-refractivity contribution is 5.12. The van der Waals surface area contributed by atoms with E-state index in [1.807, 2.05) is 25.5 Å². The molecule has 0 aliphatic heterocycles. The van der Waals surface area contributed by atoms with Crippen molar-refractivity contribution in [1.82, 2.24) is 14.8 Å². The summed E-state index contributed by atoms with van der Waals surface area (Å²) in [5, 5.41) is 7.95. The van der Waals surface area contributed by atoms with E-state index in [4.69, 9.17) is 5.73 Å². The largest absolute Gasteiger partial charge is 0.325 e. The Labute approximate surface area is 79.2 Å². The Morgan fingerprint density at radius 2 is 1.85 bits per heavy atom. The summed E-state index contributed by atoms with van der Waals surface area (Å²) in [6.07, 6.45) is 1.70. The van der Waals surface area contributed by atoms with Gasteiger partial charge in [0.2, 0.25) is 0 Å². The van der Waals surface area contributed by atoms with E-state index < -0.39 is 0 Å². The summed E-state index contributed by atoms with van der Waals surface area (Å²) in [5.41, 5.74) is 5.60. The molecule has 0 aliphatic carbocycles. The van der Waals surface area contributed by atoms with Crippen molar-refractivity contribution < 1.29 is 0 Å². The molecule has 0 radical (unpaired) electrons. The van der Waals surface area contributed by atoms with Gasteiger partial charge in [0.25, 0.3) is 0 Å². The number of nitrogens with two attached hydrogens (primary N) is 1. The molecule has 0 atom stereocenters. The molecule has 0 aromatic carbocycles. The molecule has 2 N–H and O–H groups in total. The average molecular weight is 182 g/mol. The van der Waals surface area contributed by atoms with E-state index in [1.165, 1.54) is 0 Å². The van der Waals surface area contributed by atoms with E-state index >= 15 is 0 Å². The van der Waals surface area contributed by atoms with Crippen molar-refractivity contribution in [1.29, 1.82) is 0 Å². The lowest BCUT2D eigenvalue weighted by Crippen LogP contribution is -2.51. The Bertz CT molecular complexity index is 293. The van der Waals surface area contributed by atoms with Gasteiger partial charge in [0, 0.05) is 18.0 Å². The van der Waals surface area contributed by atoms with Crippen LogP contribution in [-0.2, 0) is 12.5 Å². The van der Waals surface area contributed by atoms with E-state index in [2.05, 4.69) is 24.0 Å². The van der Waals surface area contributed by atoms with Crippen molar-refractivity contribution in [3.63, 3.8) is 0 Å².